The number of nitriles is 1. The summed E-state index contributed by atoms with van der Waals surface area (Å²) in [5.41, 5.74) is -1.34. The monoisotopic (exact) mass is 375 g/mol. The summed E-state index contributed by atoms with van der Waals surface area (Å²) in [6.45, 7) is 1.95. The molecule has 0 atom stereocenters. The molecular formula is C18H12F3N3OS. The van der Waals surface area contributed by atoms with E-state index in [4.69, 9.17) is 5.26 Å². The summed E-state index contributed by atoms with van der Waals surface area (Å²) in [5.74, 6) is 0. The van der Waals surface area contributed by atoms with Crippen molar-refractivity contribution < 1.29 is 13.2 Å². The summed E-state index contributed by atoms with van der Waals surface area (Å²) in [6.07, 6.45) is -3.36. The van der Waals surface area contributed by atoms with Crippen LogP contribution in [0, 0.1) is 18.3 Å². The molecule has 8 heteroatoms. The molecule has 0 spiro atoms. The third kappa shape index (κ3) is 3.39. The van der Waals surface area contributed by atoms with E-state index in [0.717, 1.165) is 33.1 Å². The first-order valence-electron chi connectivity index (χ1n) is 7.52. The molecule has 1 aromatic carbocycles. The lowest BCUT2D eigenvalue weighted by Crippen LogP contribution is -2.28. The number of hydrogen-bond acceptors (Lipinski definition) is 4. The summed E-state index contributed by atoms with van der Waals surface area (Å²) in [4.78, 5) is 16.7. The molecule has 0 aliphatic rings. The molecule has 0 saturated carbocycles. The fraction of sp³-hybridized carbons (Fsp3) is 0.167. The maximum atomic E-state index is 13.3. The van der Waals surface area contributed by atoms with Crippen molar-refractivity contribution >= 4 is 11.3 Å². The first-order chi connectivity index (χ1) is 12.3. The number of aromatic nitrogens is 2. The van der Waals surface area contributed by atoms with Gasteiger partial charge in [-0.3, -0.25) is 4.79 Å². The van der Waals surface area contributed by atoms with Gasteiger partial charge in [0.2, 0.25) is 0 Å². The first kappa shape index (κ1) is 17.9. The molecule has 4 nitrogen and oxygen atoms in total. The third-order valence-electron chi connectivity index (χ3n) is 3.83. The second kappa shape index (κ2) is 6.77. The van der Waals surface area contributed by atoms with Crippen molar-refractivity contribution in [2.45, 2.75) is 19.6 Å². The number of pyridine rings is 1. The SMILES string of the molecule is Cc1ccc(Cn2c(-c3nccs3)cc(C(F)(F)F)c(C#N)c2=O)cc1. The van der Waals surface area contributed by atoms with Gasteiger partial charge in [0.05, 0.1) is 17.8 Å². The molecule has 0 fully saturated rings. The normalized spacial score (nSPS) is 11.3. The third-order valence-corrected chi connectivity index (χ3v) is 4.63. The van der Waals surface area contributed by atoms with Crippen LogP contribution in [-0.2, 0) is 12.7 Å². The lowest BCUT2D eigenvalue weighted by atomic mass is 10.1. The molecule has 0 aliphatic heterocycles. The van der Waals surface area contributed by atoms with Crippen LogP contribution in [0.25, 0.3) is 10.7 Å². The van der Waals surface area contributed by atoms with Crippen molar-refractivity contribution in [1.29, 1.82) is 5.26 Å². The van der Waals surface area contributed by atoms with Crippen molar-refractivity contribution in [2.24, 2.45) is 0 Å². The van der Waals surface area contributed by atoms with Gasteiger partial charge >= 0.3 is 6.18 Å². The number of alkyl halides is 3. The maximum Gasteiger partial charge on any atom is 0.417 e. The van der Waals surface area contributed by atoms with Crippen molar-refractivity contribution in [3.05, 3.63) is 74.5 Å². The number of nitrogens with zero attached hydrogens (tertiary/aromatic N) is 3. The zero-order chi connectivity index (χ0) is 18.9. The van der Waals surface area contributed by atoms with Gasteiger partial charge in [0.15, 0.2) is 0 Å². The van der Waals surface area contributed by atoms with E-state index in [1.165, 1.54) is 12.3 Å². The van der Waals surface area contributed by atoms with Crippen LogP contribution in [0.5, 0.6) is 0 Å². The van der Waals surface area contributed by atoms with E-state index in [0.29, 0.717) is 0 Å². The van der Waals surface area contributed by atoms with E-state index in [1.807, 2.05) is 19.1 Å². The number of thiazole rings is 1. The van der Waals surface area contributed by atoms with Crippen LogP contribution in [0.2, 0.25) is 0 Å². The minimum absolute atomic E-state index is 0.0388. The molecule has 0 saturated heterocycles. The highest BCUT2D eigenvalue weighted by molar-refractivity contribution is 7.13. The standard InChI is InChI=1S/C18H12F3N3OS/c1-11-2-4-12(5-3-11)10-24-15(16-23-6-7-26-16)8-14(18(19,20)21)13(9-22)17(24)25/h2-8H,10H2,1H3. The Hall–Kier alpha value is -2.92. The highest BCUT2D eigenvalue weighted by Gasteiger charge is 2.36. The summed E-state index contributed by atoms with van der Waals surface area (Å²) < 4.78 is 41.1. The Labute approximate surface area is 150 Å². The second-order valence-corrected chi connectivity index (χ2v) is 6.54. The molecule has 132 valence electrons. The molecule has 0 aliphatic carbocycles. The van der Waals surface area contributed by atoms with E-state index in [2.05, 4.69) is 4.98 Å². The van der Waals surface area contributed by atoms with E-state index in [-0.39, 0.29) is 17.2 Å². The molecular weight excluding hydrogens is 363 g/mol. The number of rotatable bonds is 3. The van der Waals surface area contributed by atoms with Gasteiger partial charge in [0.1, 0.15) is 16.6 Å². The van der Waals surface area contributed by atoms with Crippen LogP contribution < -0.4 is 5.56 Å². The Morgan fingerprint density at radius 2 is 1.96 bits per heavy atom. The smallest absolute Gasteiger partial charge is 0.300 e. The summed E-state index contributed by atoms with van der Waals surface area (Å²) in [6, 6.07) is 9.50. The first-order valence-corrected chi connectivity index (χ1v) is 8.40. The van der Waals surface area contributed by atoms with Gasteiger partial charge in [0, 0.05) is 11.6 Å². The molecule has 2 aromatic heterocycles. The van der Waals surface area contributed by atoms with Crippen LogP contribution >= 0.6 is 11.3 Å². The molecule has 0 amide bonds. The molecule has 0 N–H and O–H groups in total. The van der Waals surface area contributed by atoms with Crippen LogP contribution in [0.3, 0.4) is 0 Å². The highest BCUT2D eigenvalue weighted by Crippen LogP contribution is 2.34. The minimum atomic E-state index is -4.81. The molecule has 0 radical (unpaired) electrons. The lowest BCUT2D eigenvalue weighted by Gasteiger charge is -2.16. The van der Waals surface area contributed by atoms with Crippen LogP contribution in [0.1, 0.15) is 22.3 Å². The number of halogens is 3. The average Bonchev–Trinajstić information content (AvgIpc) is 3.11. The van der Waals surface area contributed by atoms with Crippen molar-refractivity contribution in [2.75, 3.05) is 0 Å². The summed E-state index contributed by atoms with van der Waals surface area (Å²) in [7, 11) is 0. The molecule has 26 heavy (non-hydrogen) atoms. The van der Waals surface area contributed by atoms with E-state index >= 15 is 0 Å². The van der Waals surface area contributed by atoms with Crippen molar-refractivity contribution in [1.82, 2.24) is 9.55 Å². The molecule has 2 heterocycles. The molecule has 0 bridgehead atoms. The Bertz CT molecular complexity index is 1030. The topological polar surface area (TPSA) is 58.7 Å². The van der Waals surface area contributed by atoms with Gasteiger partial charge in [-0.1, -0.05) is 29.8 Å². The number of benzene rings is 1. The predicted octanol–water partition coefficient (Wildman–Crippen LogP) is 4.22. The Morgan fingerprint density at radius 1 is 1.27 bits per heavy atom. The maximum absolute atomic E-state index is 13.3. The second-order valence-electron chi connectivity index (χ2n) is 5.64. The Morgan fingerprint density at radius 3 is 2.50 bits per heavy atom. The highest BCUT2D eigenvalue weighted by atomic mass is 32.1. The minimum Gasteiger partial charge on any atom is -0.300 e. The van der Waals surface area contributed by atoms with Crippen LogP contribution in [0.4, 0.5) is 13.2 Å². The Balaban J connectivity index is 2.26. The van der Waals surface area contributed by atoms with Gasteiger partial charge in [0.25, 0.3) is 5.56 Å². The van der Waals surface area contributed by atoms with E-state index < -0.39 is 22.9 Å². The fourth-order valence-corrected chi connectivity index (χ4v) is 3.20. The van der Waals surface area contributed by atoms with Crippen LogP contribution in [0.15, 0.2) is 46.7 Å². The van der Waals surface area contributed by atoms with E-state index in [1.54, 1.807) is 17.5 Å². The zero-order valence-corrected chi connectivity index (χ0v) is 14.4. The van der Waals surface area contributed by atoms with Crippen molar-refractivity contribution in [3.63, 3.8) is 0 Å². The van der Waals surface area contributed by atoms with Crippen molar-refractivity contribution in [3.8, 4) is 16.8 Å². The molecule has 0 unspecified atom stereocenters. The predicted molar refractivity (Wildman–Crippen MR) is 91.8 cm³/mol. The van der Waals surface area contributed by atoms with Gasteiger partial charge in [-0.2, -0.15) is 18.4 Å². The number of hydrogen-bond donors (Lipinski definition) is 0. The molecule has 3 aromatic rings. The fourth-order valence-electron chi connectivity index (χ4n) is 2.54. The average molecular weight is 375 g/mol. The van der Waals surface area contributed by atoms with E-state index in [9.17, 15) is 18.0 Å². The largest absolute Gasteiger partial charge is 0.417 e. The summed E-state index contributed by atoms with van der Waals surface area (Å²) >= 11 is 1.12. The van der Waals surface area contributed by atoms with Gasteiger partial charge < -0.3 is 4.57 Å². The molecule has 3 rings (SSSR count). The van der Waals surface area contributed by atoms with Gasteiger partial charge in [-0.25, -0.2) is 4.98 Å². The number of aryl methyl sites for hydroxylation is 1. The Kier molecular flexibility index (Phi) is 4.66. The lowest BCUT2D eigenvalue weighted by molar-refractivity contribution is -0.137. The van der Waals surface area contributed by atoms with Crippen LogP contribution in [-0.4, -0.2) is 9.55 Å². The van der Waals surface area contributed by atoms with Gasteiger partial charge in [-0.15, -0.1) is 11.3 Å². The zero-order valence-electron chi connectivity index (χ0n) is 13.5. The summed E-state index contributed by atoms with van der Waals surface area (Å²) in [5, 5.41) is 11.0. The quantitative estimate of drug-likeness (QED) is 0.689. The van der Waals surface area contributed by atoms with Gasteiger partial charge in [-0.05, 0) is 18.6 Å².